The van der Waals surface area contributed by atoms with Crippen molar-refractivity contribution in [2.45, 2.75) is 6.92 Å². The van der Waals surface area contributed by atoms with Gasteiger partial charge in [-0.05, 0) is 24.6 Å². The number of amides is 1. The summed E-state index contributed by atoms with van der Waals surface area (Å²) in [4.78, 5) is 34.2. The summed E-state index contributed by atoms with van der Waals surface area (Å²) in [6, 6.07) is 11.5. The van der Waals surface area contributed by atoms with Gasteiger partial charge in [-0.1, -0.05) is 30.3 Å². The summed E-state index contributed by atoms with van der Waals surface area (Å²) in [5.41, 5.74) is 1.05. The van der Waals surface area contributed by atoms with E-state index in [4.69, 9.17) is 9.47 Å². The number of anilines is 1. The fourth-order valence-corrected chi connectivity index (χ4v) is 2.29. The van der Waals surface area contributed by atoms with Crippen LogP contribution in [-0.4, -0.2) is 30.5 Å². The van der Waals surface area contributed by atoms with Gasteiger partial charge in [-0.2, -0.15) is 0 Å². The molecule has 0 bridgehead atoms. The lowest BCUT2D eigenvalue weighted by atomic mass is 10.1. The van der Waals surface area contributed by atoms with E-state index >= 15 is 0 Å². The number of carbonyl (C=O) groups excluding carboxylic acids is 2. The second kappa shape index (κ2) is 9.14. The van der Waals surface area contributed by atoms with Crippen LogP contribution in [0.4, 0.5) is 11.4 Å². The molecule has 0 fully saturated rings. The minimum Gasteiger partial charge on any atom is -0.496 e. The summed E-state index contributed by atoms with van der Waals surface area (Å²) in [5, 5.41) is 13.4. The number of aryl methyl sites for hydroxylation is 1. The lowest BCUT2D eigenvalue weighted by Crippen LogP contribution is -2.21. The van der Waals surface area contributed by atoms with Crippen LogP contribution in [0.15, 0.2) is 48.5 Å². The zero-order valence-electron chi connectivity index (χ0n) is 14.8. The fraction of sp³-hybridized carbons (Fsp3) is 0.158. The Morgan fingerprint density at radius 3 is 2.63 bits per heavy atom. The standard InChI is InChI=1S/C19H18N2O6/c1-13-6-5-8-15(21(24)25)19(13)20-17(22)12-27-18(23)11-10-14-7-3-4-9-16(14)26-2/h3-11H,12H2,1-2H3,(H,20,22)/b11-10+. The molecular formula is C19H18N2O6. The van der Waals surface area contributed by atoms with Crippen LogP contribution in [0.3, 0.4) is 0 Å². The minimum absolute atomic E-state index is 0.0770. The Kier molecular flexibility index (Phi) is 6.65. The van der Waals surface area contributed by atoms with Gasteiger partial charge in [0.05, 0.1) is 12.0 Å². The molecule has 0 spiro atoms. The van der Waals surface area contributed by atoms with Crippen molar-refractivity contribution in [3.8, 4) is 5.75 Å². The van der Waals surface area contributed by atoms with Gasteiger partial charge in [0.15, 0.2) is 6.61 Å². The predicted octanol–water partition coefficient (Wildman–Crippen LogP) is 3.11. The van der Waals surface area contributed by atoms with Crippen molar-refractivity contribution in [1.82, 2.24) is 0 Å². The summed E-state index contributed by atoms with van der Waals surface area (Å²) in [7, 11) is 1.51. The third kappa shape index (κ3) is 5.40. The Labute approximate surface area is 155 Å². The Hall–Kier alpha value is -3.68. The number of nitro benzene ring substituents is 1. The summed E-state index contributed by atoms with van der Waals surface area (Å²) < 4.78 is 10.0. The molecular weight excluding hydrogens is 352 g/mol. The third-order valence-corrected chi connectivity index (χ3v) is 3.60. The fourth-order valence-electron chi connectivity index (χ4n) is 2.29. The molecule has 8 heteroatoms. The van der Waals surface area contributed by atoms with E-state index < -0.39 is 23.4 Å². The molecule has 0 aliphatic carbocycles. The van der Waals surface area contributed by atoms with E-state index in [1.54, 1.807) is 37.3 Å². The van der Waals surface area contributed by atoms with Gasteiger partial charge in [0.2, 0.25) is 0 Å². The van der Waals surface area contributed by atoms with Crippen molar-refractivity contribution in [3.05, 3.63) is 69.8 Å². The Morgan fingerprint density at radius 2 is 1.93 bits per heavy atom. The van der Waals surface area contributed by atoms with E-state index in [1.165, 1.54) is 31.4 Å². The number of hydrogen-bond donors (Lipinski definition) is 1. The molecule has 2 aromatic carbocycles. The predicted molar refractivity (Wildman–Crippen MR) is 99.5 cm³/mol. The van der Waals surface area contributed by atoms with Crippen LogP contribution in [0.2, 0.25) is 0 Å². The maximum Gasteiger partial charge on any atom is 0.331 e. The maximum atomic E-state index is 12.0. The van der Waals surface area contributed by atoms with Crippen LogP contribution in [0, 0.1) is 17.0 Å². The second-order valence-electron chi connectivity index (χ2n) is 5.46. The zero-order chi connectivity index (χ0) is 19.8. The van der Waals surface area contributed by atoms with Gasteiger partial charge in [-0.15, -0.1) is 0 Å². The van der Waals surface area contributed by atoms with E-state index in [1.807, 2.05) is 0 Å². The Morgan fingerprint density at radius 1 is 1.19 bits per heavy atom. The van der Waals surface area contributed by atoms with Gasteiger partial charge in [0.1, 0.15) is 11.4 Å². The van der Waals surface area contributed by atoms with Crippen molar-refractivity contribution >= 4 is 29.3 Å². The molecule has 27 heavy (non-hydrogen) atoms. The molecule has 0 atom stereocenters. The number of carbonyl (C=O) groups is 2. The van der Waals surface area contributed by atoms with Crippen LogP contribution in [-0.2, 0) is 14.3 Å². The van der Waals surface area contributed by atoms with Gasteiger partial charge in [0.25, 0.3) is 11.6 Å². The molecule has 0 saturated heterocycles. The summed E-state index contributed by atoms with van der Waals surface area (Å²) >= 11 is 0. The second-order valence-corrected chi connectivity index (χ2v) is 5.46. The number of nitrogens with one attached hydrogen (secondary N) is 1. The van der Waals surface area contributed by atoms with E-state index in [9.17, 15) is 19.7 Å². The number of esters is 1. The molecule has 0 heterocycles. The normalized spacial score (nSPS) is 10.4. The summed E-state index contributed by atoms with van der Waals surface area (Å²) in [6.45, 7) is 1.06. The van der Waals surface area contributed by atoms with E-state index in [0.717, 1.165) is 0 Å². The zero-order valence-corrected chi connectivity index (χ0v) is 14.8. The van der Waals surface area contributed by atoms with Crippen LogP contribution in [0.25, 0.3) is 6.08 Å². The largest absolute Gasteiger partial charge is 0.496 e. The van der Waals surface area contributed by atoms with Crippen molar-refractivity contribution in [2.24, 2.45) is 0 Å². The highest BCUT2D eigenvalue weighted by Gasteiger charge is 2.18. The number of rotatable bonds is 7. The van der Waals surface area contributed by atoms with E-state index in [0.29, 0.717) is 16.9 Å². The highest BCUT2D eigenvalue weighted by Crippen LogP contribution is 2.27. The van der Waals surface area contributed by atoms with Gasteiger partial charge in [-0.25, -0.2) is 4.79 Å². The molecule has 0 radical (unpaired) electrons. The molecule has 0 aliphatic rings. The topological polar surface area (TPSA) is 108 Å². The lowest BCUT2D eigenvalue weighted by molar-refractivity contribution is -0.384. The Balaban J connectivity index is 1.95. The van der Waals surface area contributed by atoms with Crippen molar-refractivity contribution in [3.63, 3.8) is 0 Å². The quantitative estimate of drug-likeness (QED) is 0.347. The van der Waals surface area contributed by atoms with Crippen LogP contribution in [0.5, 0.6) is 5.75 Å². The first-order valence-corrected chi connectivity index (χ1v) is 7.94. The number of methoxy groups -OCH3 is 1. The first-order chi connectivity index (χ1) is 12.9. The maximum absolute atomic E-state index is 12.0. The summed E-state index contributed by atoms with van der Waals surface area (Å²) in [5.74, 6) is -0.812. The Bertz CT molecular complexity index is 892. The molecule has 1 N–H and O–H groups in total. The number of nitro groups is 1. The van der Waals surface area contributed by atoms with Gasteiger partial charge in [-0.3, -0.25) is 14.9 Å². The molecule has 140 valence electrons. The monoisotopic (exact) mass is 370 g/mol. The van der Waals surface area contributed by atoms with Crippen LogP contribution in [0.1, 0.15) is 11.1 Å². The molecule has 0 aliphatic heterocycles. The smallest absolute Gasteiger partial charge is 0.331 e. The lowest BCUT2D eigenvalue weighted by Gasteiger charge is -2.08. The average molecular weight is 370 g/mol. The van der Waals surface area contributed by atoms with Gasteiger partial charge >= 0.3 is 5.97 Å². The number of hydrogen-bond acceptors (Lipinski definition) is 6. The molecule has 2 rings (SSSR count). The van der Waals surface area contributed by atoms with E-state index in [2.05, 4.69) is 5.32 Å². The van der Waals surface area contributed by atoms with Crippen molar-refractivity contribution < 1.29 is 24.0 Å². The van der Waals surface area contributed by atoms with Crippen LogP contribution < -0.4 is 10.1 Å². The van der Waals surface area contributed by atoms with Gasteiger partial charge < -0.3 is 14.8 Å². The molecule has 0 saturated carbocycles. The highest BCUT2D eigenvalue weighted by atomic mass is 16.6. The number of benzene rings is 2. The molecule has 1 amide bonds. The number of nitrogens with zero attached hydrogens (tertiary/aromatic N) is 1. The molecule has 0 aromatic heterocycles. The minimum atomic E-state index is -0.727. The third-order valence-electron chi connectivity index (χ3n) is 3.60. The first-order valence-electron chi connectivity index (χ1n) is 7.94. The number of para-hydroxylation sites is 2. The average Bonchev–Trinajstić information content (AvgIpc) is 2.66. The first kappa shape index (κ1) is 19.6. The highest BCUT2D eigenvalue weighted by molar-refractivity contribution is 5.97. The SMILES string of the molecule is COc1ccccc1/C=C/C(=O)OCC(=O)Nc1c(C)cccc1[N+](=O)[O-]. The van der Waals surface area contributed by atoms with Gasteiger partial charge in [0, 0.05) is 17.7 Å². The van der Waals surface area contributed by atoms with Crippen molar-refractivity contribution in [2.75, 3.05) is 19.0 Å². The van der Waals surface area contributed by atoms with Crippen LogP contribution >= 0.6 is 0 Å². The summed E-state index contributed by atoms with van der Waals surface area (Å²) in [6.07, 6.45) is 2.67. The molecule has 2 aromatic rings. The van der Waals surface area contributed by atoms with E-state index in [-0.39, 0.29) is 11.4 Å². The molecule has 8 nitrogen and oxygen atoms in total. The number of ether oxygens (including phenoxy) is 2. The van der Waals surface area contributed by atoms with Crippen molar-refractivity contribution in [1.29, 1.82) is 0 Å². The molecule has 0 unspecified atom stereocenters.